The van der Waals surface area contributed by atoms with Crippen molar-refractivity contribution < 1.29 is 38.5 Å². The van der Waals surface area contributed by atoms with Crippen molar-refractivity contribution in [2.45, 2.75) is 13.0 Å². The summed E-state index contributed by atoms with van der Waals surface area (Å²) in [7, 11) is 0. The van der Waals surface area contributed by atoms with Crippen LogP contribution in [0.4, 0.5) is 20.6 Å². The Kier molecular flexibility index (Phi) is 7.66. The fraction of sp³-hybridized carbons (Fsp3) is 0.500. The summed E-state index contributed by atoms with van der Waals surface area (Å²) in [4.78, 5) is 50.2. The zero-order chi connectivity index (χ0) is 24.1. The van der Waals surface area contributed by atoms with Gasteiger partial charge in [0.1, 0.15) is 25.1 Å². The first kappa shape index (κ1) is 24.2. The zero-order valence-corrected chi connectivity index (χ0v) is 18.1. The highest BCUT2D eigenvalue weighted by Crippen LogP contribution is 2.28. The van der Waals surface area contributed by atoms with Gasteiger partial charge in [-0.05, 0) is 18.2 Å². The van der Waals surface area contributed by atoms with Gasteiger partial charge in [-0.15, -0.1) is 0 Å². The molecule has 3 rings (SSSR count). The molecular formula is C20H26FN5O7. The molecule has 2 aliphatic heterocycles. The van der Waals surface area contributed by atoms with E-state index in [2.05, 4.69) is 5.32 Å². The molecule has 1 atom stereocenters. The SMILES string of the molecule is CC(=O)NC[C@H]1CN(c2ccc(N3CCN(C(=O)CO)N(C(=O)CO)CC3)c(F)c2)C(=O)O1. The molecule has 0 aromatic heterocycles. The Hall–Kier alpha value is -3.45. The van der Waals surface area contributed by atoms with Gasteiger partial charge >= 0.3 is 6.09 Å². The Morgan fingerprint density at radius 1 is 1.09 bits per heavy atom. The minimum atomic E-state index is -0.812. The van der Waals surface area contributed by atoms with E-state index < -0.39 is 43.0 Å². The molecule has 0 bridgehead atoms. The van der Waals surface area contributed by atoms with Crippen molar-refractivity contribution in [2.24, 2.45) is 0 Å². The van der Waals surface area contributed by atoms with Gasteiger partial charge in [0, 0.05) is 20.0 Å². The summed E-state index contributed by atoms with van der Waals surface area (Å²) >= 11 is 0. The molecule has 4 amide bonds. The van der Waals surface area contributed by atoms with Crippen LogP contribution in [0.5, 0.6) is 0 Å². The number of halogens is 1. The average Bonchev–Trinajstić information content (AvgIpc) is 3.03. The van der Waals surface area contributed by atoms with Gasteiger partial charge in [-0.25, -0.2) is 19.2 Å². The lowest BCUT2D eigenvalue weighted by molar-refractivity contribution is -0.166. The first-order valence-corrected chi connectivity index (χ1v) is 10.3. The Balaban J connectivity index is 1.73. The van der Waals surface area contributed by atoms with E-state index in [4.69, 9.17) is 4.74 Å². The highest BCUT2D eigenvalue weighted by molar-refractivity contribution is 5.90. The number of carbonyl (C=O) groups excluding carboxylic acids is 4. The number of benzene rings is 1. The van der Waals surface area contributed by atoms with Gasteiger partial charge in [0.25, 0.3) is 11.8 Å². The third-order valence-electron chi connectivity index (χ3n) is 5.34. The summed E-state index contributed by atoms with van der Waals surface area (Å²) in [5.41, 5.74) is 0.492. The zero-order valence-electron chi connectivity index (χ0n) is 18.1. The van der Waals surface area contributed by atoms with Gasteiger partial charge in [0.2, 0.25) is 5.91 Å². The van der Waals surface area contributed by atoms with E-state index in [1.165, 1.54) is 24.0 Å². The van der Waals surface area contributed by atoms with Crippen molar-refractivity contribution in [1.82, 2.24) is 15.3 Å². The standard InChI is InChI=1S/C20H26FN5O7/c1-13(29)22-9-15-10-24(20(32)33-15)14-2-3-17(16(21)8-14)23-4-6-25(18(30)11-27)26(7-5-23)19(31)12-28/h2-3,8,15,27-28H,4-7,9-12H2,1H3,(H,22,29)/t15-/m0/s1. The largest absolute Gasteiger partial charge is 0.442 e. The number of amides is 4. The van der Waals surface area contributed by atoms with Crippen molar-refractivity contribution in [3.05, 3.63) is 24.0 Å². The molecule has 33 heavy (non-hydrogen) atoms. The number of cyclic esters (lactones) is 1. The second kappa shape index (κ2) is 10.4. The third kappa shape index (κ3) is 5.49. The van der Waals surface area contributed by atoms with Crippen LogP contribution in [0.2, 0.25) is 0 Å². The summed E-state index contributed by atoms with van der Waals surface area (Å²) in [6.45, 7) is 0.356. The third-order valence-corrected chi connectivity index (χ3v) is 5.34. The number of rotatable bonds is 6. The van der Waals surface area contributed by atoms with Crippen molar-refractivity contribution in [3.63, 3.8) is 0 Å². The van der Waals surface area contributed by atoms with Crippen LogP contribution < -0.4 is 15.1 Å². The Morgan fingerprint density at radius 2 is 1.70 bits per heavy atom. The second-order valence-electron chi connectivity index (χ2n) is 7.53. The summed E-state index contributed by atoms with van der Waals surface area (Å²) < 4.78 is 20.2. The van der Waals surface area contributed by atoms with E-state index in [0.29, 0.717) is 0 Å². The first-order chi connectivity index (χ1) is 15.7. The maximum atomic E-state index is 15.0. The molecule has 2 saturated heterocycles. The van der Waals surface area contributed by atoms with Crippen molar-refractivity contribution in [3.8, 4) is 0 Å². The normalized spacial score (nSPS) is 18.8. The number of hydrazine groups is 1. The molecule has 12 nitrogen and oxygen atoms in total. The minimum absolute atomic E-state index is 0.00436. The predicted molar refractivity (Wildman–Crippen MR) is 113 cm³/mol. The van der Waals surface area contributed by atoms with Gasteiger partial charge in [-0.2, -0.15) is 0 Å². The van der Waals surface area contributed by atoms with Crippen LogP contribution in [0.1, 0.15) is 6.92 Å². The maximum Gasteiger partial charge on any atom is 0.414 e. The fourth-order valence-electron chi connectivity index (χ4n) is 3.72. The number of ether oxygens (including phenoxy) is 1. The number of carbonyl (C=O) groups is 4. The van der Waals surface area contributed by atoms with Crippen molar-refractivity contribution >= 4 is 35.2 Å². The molecule has 2 heterocycles. The van der Waals surface area contributed by atoms with Crippen LogP contribution in [-0.2, 0) is 19.1 Å². The van der Waals surface area contributed by atoms with Crippen molar-refractivity contribution in [2.75, 3.05) is 62.3 Å². The van der Waals surface area contributed by atoms with Gasteiger partial charge in [-0.3, -0.25) is 19.3 Å². The number of anilines is 2. The van der Waals surface area contributed by atoms with Crippen LogP contribution in [0.3, 0.4) is 0 Å². The second-order valence-corrected chi connectivity index (χ2v) is 7.53. The van der Waals surface area contributed by atoms with E-state index in [1.807, 2.05) is 0 Å². The molecule has 0 radical (unpaired) electrons. The molecule has 0 unspecified atom stereocenters. The lowest BCUT2D eigenvalue weighted by Crippen LogP contribution is -2.52. The van der Waals surface area contributed by atoms with E-state index >= 15 is 4.39 Å². The molecule has 2 aliphatic rings. The molecule has 0 saturated carbocycles. The molecular weight excluding hydrogens is 441 g/mol. The smallest absolute Gasteiger partial charge is 0.414 e. The van der Waals surface area contributed by atoms with Gasteiger partial charge in [0.15, 0.2) is 0 Å². The molecule has 0 spiro atoms. The number of aliphatic hydroxyl groups excluding tert-OH is 2. The summed E-state index contributed by atoms with van der Waals surface area (Å²) in [5, 5.41) is 23.0. The molecule has 3 N–H and O–H groups in total. The first-order valence-electron chi connectivity index (χ1n) is 10.3. The van der Waals surface area contributed by atoms with Crippen LogP contribution in [-0.4, -0.2) is 103 Å². The van der Waals surface area contributed by atoms with E-state index in [1.54, 1.807) is 11.0 Å². The van der Waals surface area contributed by atoms with Crippen LogP contribution in [0.15, 0.2) is 18.2 Å². The number of hydrogen-bond acceptors (Lipinski definition) is 8. The highest BCUT2D eigenvalue weighted by Gasteiger charge is 2.33. The quantitative estimate of drug-likeness (QED) is 0.467. The summed E-state index contributed by atoms with van der Waals surface area (Å²) in [5.74, 6) is -2.30. The molecule has 1 aromatic carbocycles. The van der Waals surface area contributed by atoms with Gasteiger partial charge in [0.05, 0.1) is 37.6 Å². The Labute approximate surface area is 189 Å². The molecule has 0 aliphatic carbocycles. The Bertz CT molecular complexity index is 904. The molecule has 2 fully saturated rings. The topological polar surface area (TPSA) is 143 Å². The molecule has 1 aromatic rings. The van der Waals surface area contributed by atoms with Gasteiger partial charge < -0.3 is 25.2 Å². The van der Waals surface area contributed by atoms with E-state index in [9.17, 15) is 29.4 Å². The van der Waals surface area contributed by atoms with E-state index in [-0.39, 0.29) is 56.6 Å². The van der Waals surface area contributed by atoms with Crippen LogP contribution in [0, 0.1) is 5.82 Å². The number of nitrogens with zero attached hydrogens (tertiary/aromatic N) is 4. The fourth-order valence-corrected chi connectivity index (χ4v) is 3.72. The average molecular weight is 467 g/mol. The number of hydrogen-bond donors (Lipinski definition) is 3. The Morgan fingerprint density at radius 3 is 2.21 bits per heavy atom. The number of aliphatic hydroxyl groups is 2. The van der Waals surface area contributed by atoms with Crippen molar-refractivity contribution in [1.29, 1.82) is 0 Å². The number of nitrogens with one attached hydrogen (secondary N) is 1. The summed E-state index contributed by atoms with van der Waals surface area (Å²) in [6.07, 6.45) is -1.21. The monoisotopic (exact) mass is 467 g/mol. The lowest BCUT2D eigenvalue weighted by Gasteiger charge is -2.31. The highest BCUT2D eigenvalue weighted by atomic mass is 19.1. The minimum Gasteiger partial charge on any atom is -0.442 e. The predicted octanol–water partition coefficient (Wildman–Crippen LogP) is -1.34. The van der Waals surface area contributed by atoms with Crippen LogP contribution >= 0.6 is 0 Å². The summed E-state index contributed by atoms with van der Waals surface area (Å²) in [6, 6.07) is 4.23. The van der Waals surface area contributed by atoms with Crippen LogP contribution in [0.25, 0.3) is 0 Å². The van der Waals surface area contributed by atoms with Gasteiger partial charge in [-0.1, -0.05) is 0 Å². The molecule has 180 valence electrons. The molecule has 13 heteroatoms. The lowest BCUT2D eigenvalue weighted by atomic mass is 10.2. The maximum absolute atomic E-state index is 15.0. The van der Waals surface area contributed by atoms with E-state index in [0.717, 1.165) is 10.0 Å².